The van der Waals surface area contributed by atoms with E-state index in [0.717, 1.165) is 12.8 Å². The van der Waals surface area contributed by atoms with Crippen molar-refractivity contribution in [3.63, 3.8) is 0 Å². The predicted molar refractivity (Wildman–Crippen MR) is 47.6 cm³/mol. The van der Waals surface area contributed by atoms with Crippen molar-refractivity contribution in [1.82, 2.24) is 5.32 Å². The zero-order valence-corrected chi connectivity index (χ0v) is 7.47. The van der Waals surface area contributed by atoms with Gasteiger partial charge in [-0.15, -0.1) is 0 Å². The first-order chi connectivity index (χ1) is 5.68. The standard InChI is InChI=1S/C10H15NO/c1-6(2)7-3-4-9-8(7)5-10(12)11-9/h7-9H,1,3-5H2,2H3,(H,11,12)/t7-,8+,9-/m1/s1. The highest BCUT2D eigenvalue weighted by molar-refractivity contribution is 5.79. The van der Waals surface area contributed by atoms with Crippen molar-refractivity contribution in [1.29, 1.82) is 0 Å². The SMILES string of the molecule is C=C(C)[C@H]1CC[C@H]2NC(=O)C[C@@H]12. The van der Waals surface area contributed by atoms with Gasteiger partial charge >= 0.3 is 0 Å². The largest absolute Gasteiger partial charge is 0.353 e. The first-order valence-corrected chi connectivity index (χ1v) is 4.63. The summed E-state index contributed by atoms with van der Waals surface area (Å²) < 4.78 is 0. The molecule has 3 atom stereocenters. The fraction of sp³-hybridized carbons (Fsp3) is 0.700. The molecule has 0 spiro atoms. The van der Waals surface area contributed by atoms with E-state index in [1.165, 1.54) is 12.0 Å². The average Bonchev–Trinajstić information content (AvgIpc) is 2.43. The van der Waals surface area contributed by atoms with Gasteiger partial charge in [-0.05, 0) is 31.6 Å². The van der Waals surface area contributed by atoms with Gasteiger partial charge in [0.15, 0.2) is 0 Å². The molecule has 2 heteroatoms. The first-order valence-electron chi connectivity index (χ1n) is 4.63. The molecule has 0 radical (unpaired) electrons. The van der Waals surface area contributed by atoms with Crippen LogP contribution in [0.15, 0.2) is 12.2 Å². The Morgan fingerprint density at radius 1 is 1.58 bits per heavy atom. The number of amides is 1. The molecule has 0 bridgehead atoms. The third-order valence-electron chi connectivity index (χ3n) is 3.22. The lowest BCUT2D eigenvalue weighted by atomic mass is 9.88. The van der Waals surface area contributed by atoms with Crippen LogP contribution in [-0.4, -0.2) is 11.9 Å². The number of hydrogen-bond acceptors (Lipinski definition) is 1. The van der Waals surface area contributed by atoms with Crippen molar-refractivity contribution in [3.05, 3.63) is 12.2 Å². The predicted octanol–water partition coefficient (Wildman–Crippen LogP) is 1.48. The number of carbonyl (C=O) groups is 1. The summed E-state index contributed by atoms with van der Waals surface area (Å²) in [6.45, 7) is 6.06. The molecule has 1 N–H and O–H groups in total. The normalized spacial score (nSPS) is 39.4. The zero-order valence-electron chi connectivity index (χ0n) is 7.47. The van der Waals surface area contributed by atoms with Crippen LogP contribution < -0.4 is 5.32 Å². The second kappa shape index (κ2) is 2.61. The van der Waals surface area contributed by atoms with Crippen molar-refractivity contribution in [2.75, 3.05) is 0 Å². The molecule has 2 aliphatic rings. The summed E-state index contributed by atoms with van der Waals surface area (Å²) in [5.41, 5.74) is 1.25. The van der Waals surface area contributed by atoms with Gasteiger partial charge in [0.05, 0.1) is 0 Å². The van der Waals surface area contributed by atoms with Crippen molar-refractivity contribution in [2.45, 2.75) is 32.2 Å². The van der Waals surface area contributed by atoms with Crippen LogP contribution in [0.4, 0.5) is 0 Å². The summed E-state index contributed by atoms with van der Waals surface area (Å²) in [6.07, 6.45) is 3.08. The van der Waals surface area contributed by atoms with Crippen molar-refractivity contribution >= 4 is 5.91 Å². The molecule has 0 aromatic heterocycles. The Labute approximate surface area is 73.0 Å². The average molecular weight is 165 g/mol. The quantitative estimate of drug-likeness (QED) is 0.586. The van der Waals surface area contributed by atoms with Crippen LogP contribution in [0.5, 0.6) is 0 Å². The summed E-state index contributed by atoms with van der Waals surface area (Å²) in [5, 5.41) is 3.02. The third-order valence-corrected chi connectivity index (χ3v) is 3.22. The molecular formula is C10H15NO. The summed E-state index contributed by atoms with van der Waals surface area (Å²) >= 11 is 0. The minimum absolute atomic E-state index is 0.232. The van der Waals surface area contributed by atoms with Crippen LogP contribution in [0.25, 0.3) is 0 Å². The van der Waals surface area contributed by atoms with E-state index in [4.69, 9.17) is 0 Å². The number of allylic oxidation sites excluding steroid dienone is 1. The lowest BCUT2D eigenvalue weighted by Gasteiger charge is -2.16. The van der Waals surface area contributed by atoms with Gasteiger partial charge in [0.25, 0.3) is 0 Å². The first kappa shape index (κ1) is 7.84. The second-order valence-corrected chi connectivity index (χ2v) is 4.07. The lowest BCUT2D eigenvalue weighted by Crippen LogP contribution is -2.25. The summed E-state index contributed by atoms with van der Waals surface area (Å²) in [5.74, 6) is 1.37. The number of carbonyl (C=O) groups excluding carboxylic acids is 1. The van der Waals surface area contributed by atoms with Crippen LogP contribution in [0.1, 0.15) is 26.2 Å². The third kappa shape index (κ3) is 1.06. The zero-order chi connectivity index (χ0) is 8.72. The van der Waals surface area contributed by atoms with Gasteiger partial charge < -0.3 is 5.32 Å². The Balaban J connectivity index is 2.13. The molecular weight excluding hydrogens is 150 g/mol. The monoisotopic (exact) mass is 165 g/mol. The number of fused-ring (bicyclic) bond motifs is 1. The Hall–Kier alpha value is -0.790. The molecule has 1 saturated heterocycles. The van der Waals surface area contributed by atoms with Gasteiger partial charge in [-0.3, -0.25) is 4.79 Å². The van der Waals surface area contributed by atoms with Crippen LogP contribution in [0.2, 0.25) is 0 Å². The molecule has 1 heterocycles. The molecule has 1 amide bonds. The number of rotatable bonds is 1. The molecule has 1 saturated carbocycles. The molecule has 0 aromatic rings. The van der Waals surface area contributed by atoms with E-state index in [1.54, 1.807) is 0 Å². The van der Waals surface area contributed by atoms with E-state index < -0.39 is 0 Å². The van der Waals surface area contributed by atoms with Gasteiger partial charge in [-0.2, -0.15) is 0 Å². The van der Waals surface area contributed by atoms with E-state index in [1.807, 2.05) is 0 Å². The molecule has 2 nitrogen and oxygen atoms in total. The van der Waals surface area contributed by atoms with E-state index >= 15 is 0 Å². The van der Waals surface area contributed by atoms with Gasteiger partial charge in [-0.25, -0.2) is 0 Å². The Bertz CT molecular complexity index is 234. The summed E-state index contributed by atoms with van der Waals surface area (Å²) in [4.78, 5) is 11.1. The van der Waals surface area contributed by atoms with E-state index in [9.17, 15) is 4.79 Å². The molecule has 0 aromatic carbocycles. The summed E-state index contributed by atoms with van der Waals surface area (Å²) in [6, 6.07) is 0.458. The fourth-order valence-electron chi connectivity index (χ4n) is 2.62. The highest BCUT2D eigenvalue weighted by Crippen LogP contribution is 2.41. The maximum absolute atomic E-state index is 11.1. The van der Waals surface area contributed by atoms with Gasteiger partial charge in [0, 0.05) is 12.5 Å². The fourth-order valence-corrected chi connectivity index (χ4v) is 2.62. The Morgan fingerprint density at radius 3 is 3.00 bits per heavy atom. The molecule has 66 valence electrons. The maximum Gasteiger partial charge on any atom is 0.220 e. The lowest BCUT2D eigenvalue weighted by molar-refractivity contribution is -0.119. The van der Waals surface area contributed by atoms with Crippen molar-refractivity contribution in [2.24, 2.45) is 11.8 Å². The van der Waals surface area contributed by atoms with Crippen molar-refractivity contribution < 1.29 is 4.79 Å². The molecule has 0 unspecified atom stereocenters. The van der Waals surface area contributed by atoms with Crippen molar-refractivity contribution in [3.8, 4) is 0 Å². The molecule has 2 fully saturated rings. The maximum atomic E-state index is 11.1. The second-order valence-electron chi connectivity index (χ2n) is 4.07. The van der Waals surface area contributed by atoms with E-state index in [-0.39, 0.29) is 5.91 Å². The van der Waals surface area contributed by atoms with E-state index in [0.29, 0.717) is 17.9 Å². The highest BCUT2D eigenvalue weighted by atomic mass is 16.2. The Kier molecular flexibility index (Phi) is 1.71. The van der Waals surface area contributed by atoms with Crippen LogP contribution >= 0.6 is 0 Å². The summed E-state index contributed by atoms with van der Waals surface area (Å²) in [7, 11) is 0. The smallest absolute Gasteiger partial charge is 0.220 e. The number of hydrogen-bond donors (Lipinski definition) is 1. The number of nitrogens with one attached hydrogen (secondary N) is 1. The van der Waals surface area contributed by atoms with Gasteiger partial charge in [0.1, 0.15) is 0 Å². The molecule has 12 heavy (non-hydrogen) atoms. The Morgan fingerprint density at radius 2 is 2.33 bits per heavy atom. The topological polar surface area (TPSA) is 29.1 Å². The molecule has 2 rings (SSSR count). The van der Waals surface area contributed by atoms with Gasteiger partial charge in [-0.1, -0.05) is 12.2 Å². The minimum atomic E-state index is 0.232. The van der Waals surface area contributed by atoms with Crippen LogP contribution in [0, 0.1) is 11.8 Å². The molecule has 1 aliphatic heterocycles. The highest BCUT2D eigenvalue weighted by Gasteiger charge is 2.42. The van der Waals surface area contributed by atoms with Crippen LogP contribution in [-0.2, 0) is 4.79 Å². The van der Waals surface area contributed by atoms with Crippen LogP contribution in [0.3, 0.4) is 0 Å². The van der Waals surface area contributed by atoms with E-state index in [2.05, 4.69) is 18.8 Å². The minimum Gasteiger partial charge on any atom is -0.353 e. The molecule has 1 aliphatic carbocycles. The van der Waals surface area contributed by atoms with Gasteiger partial charge in [0.2, 0.25) is 5.91 Å².